The molecule has 8 nitrogen and oxygen atoms in total. The van der Waals surface area contributed by atoms with E-state index in [1.54, 1.807) is 11.0 Å². The van der Waals surface area contributed by atoms with E-state index < -0.39 is 22.0 Å². The predicted molar refractivity (Wildman–Crippen MR) is 159 cm³/mol. The van der Waals surface area contributed by atoms with Crippen LogP contribution in [0.5, 0.6) is 0 Å². The summed E-state index contributed by atoms with van der Waals surface area (Å²) in [5, 5.41) is 0.881. The monoisotopic (exact) mass is 573 g/mol. The van der Waals surface area contributed by atoms with Gasteiger partial charge in [0, 0.05) is 30.5 Å². The lowest BCUT2D eigenvalue weighted by Crippen LogP contribution is -2.44. The summed E-state index contributed by atoms with van der Waals surface area (Å²) in [6, 6.07) is 29.0. The largest absolute Gasteiger partial charge is 0.445 e. The number of amides is 2. The van der Waals surface area contributed by atoms with Crippen LogP contribution < -0.4 is 4.72 Å². The first-order valence-corrected chi connectivity index (χ1v) is 15.7. The molecule has 1 fully saturated rings. The molecule has 0 aliphatic carbocycles. The van der Waals surface area contributed by atoms with Crippen molar-refractivity contribution in [3.05, 3.63) is 108 Å². The van der Waals surface area contributed by atoms with E-state index >= 15 is 0 Å². The zero-order valence-electron chi connectivity index (χ0n) is 22.9. The molecule has 4 aromatic rings. The second kappa shape index (κ2) is 13.0. The Hall–Kier alpha value is -4.11. The summed E-state index contributed by atoms with van der Waals surface area (Å²) in [6.45, 7) is 1.52. The minimum atomic E-state index is -3.94. The molecule has 214 valence electrons. The number of likely N-dealkylation sites (tertiary alicyclic amines) is 1. The smallest absolute Gasteiger partial charge is 0.410 e. The van der Waals surface area contributed by atoms with Gasteiger partial charge in [-0.15, -0.1) is 0 Å². The number of aromatic nitrogens is 1. The molecule has 3 aromatic carbocycles. The van der Waals surface area contributed by atoms with Crippen LogP contribution in [-0.4, -0.2) is 48.7 Å². The molecule has 0 bridgehead atoms. The van der Waals surface area contributed by atoms with E-state index in [1.165, 1.54) is 5.56 Å². The summed E-state index contributed by atoms with van der Waals surface area (Å²) in [5.74, 6) is -1.18. The van der Waals surface area contributed by atoms with Gasteiger partial charge in [0.15, 0.2) is 0 Å². The highest BCUT2D eigenvalue weighted by Gasteiger charge is 2.30. The topological polar surface area (TPSA) is 97.7 Å². The quantitative estimate of drug-likeness (QED) is 0.275. The van der Waals surface area contributed by atoms with Gasteiger partial charge < -0.3 is 14.2 Å². The van der Waals surface area contributed by atoms with Gasteiger partial charge in [-0.1, -0.05) is 78.9 Å². The molecule has 1 aliphatic rings. The van der Waals surface area contributed by atoms with Crippen LogP contribution in [0, 0.1) is 5.92 Å². The Labute approximate surface area is 241 Å². The van der Waals surface area contributed by atoms with Gasteiger partial charge in [0.2, 0.25) is 10.0 Å². The zero-order valence-corrected chi connectivity index (χ0v) is 23.8. The Morgan fingerprint density at radius 3 is 2.34 bits per heavy atom. The number of hydrogen-bond donors (Lipinski definition) is 1. The Bertz CT molecular complexity index is 1590. The molecule has 1 N–H and O–H groups in total. The Morgan fingerprint density at radius 2 is 1.59 bits per heavy atom. The van der Waals surface area contributed by atoms with Gasteiger partial charge in [-0.25, -0.2) is 17.9 Å². The molecule has 1 atom stereocenters. The van der Waals surface area contributed by atoms with E-state index in [2.05, 4.69) is 16.9 Å². The summed E-state index contributed by atoms with van der Waals surface area (Å²) < 4.78 is 35.9. The molecule has 0 radical (unpaired) electrons. The van der Waals surface area contributed by atoms with Gasteiger partial charge in [-0.05, 0) is 54.9 Å². The van der Waals surface area contributed by atoms with Crippen LogP contribution in [0.4, 0.5) is 4.79 Å². The second-order valence-electron chi connectivity index (χ2n) is 10.5. The highest BCUT2D eigenvalue weighted by Crippen LogP contribution is 2.23. The third-order valence-electron chi connectivity index (χ3n) is 7.42. The van der Waals surface area contributed by atoms with Crippen LogP contribution in [0.15, 0.2) is 91.0 Å². The molecule has 41 heavy (non-hydrogen) atoms. The third kappa shape index (κ3) is 7.55. The number of hydrogen-bond acceptors (Lipinski definition) is 5. The van der Waals surface area contributed by atoms with E-state index in [0.29, 0.717) is 31.6 Å². The number of nitrogens with zero attached hydrogens (tertiary/aromatic N) is 2. The number of aryl methyl sites for hydroxylation is 2. The molecule has 1 aromatic heterocycles. The van der Waals surface area contributed by atoms with Crippen LogP contribution in [-0.2, 0) is 34.3 Å². The van der Waals surface area contributed by atoms with Gasteiger partial charge >= 0.3 is 6.09 Å². The fourth-order valence-electron chi connectivity index (χ4n) is 5.45. The van der Waals surface area contributed by atoms with Gasteiger partial charge in [0.25, 0.3) is 5.91 Å². The van der Waals surface area contributed by atoms with Crippen LogP contribution in [0.1, 0.15) is 40.9 Å². The number of nitrogens with one attached hydrogen (secondary N) is 1. The summed E-state index contributed by atoms with van der Waals surface area (Å²) in [5.41, 5.74) is 3.30. The highest BCUT2D eigenvalue weighted by molar-refractivity contribution is 7.90. The van der Waals surface area contributed by atoms with Crippen molar-refractivity contribution >= 4 is 32.9 Å². The SMILES string of the molecule is O=C(NS(=O)(=O)CC1CCCN(C(=O)OCc2ccccc2)C1)c1cc2ccccc2n1CCCc1ccccc1. The zero-order chi connectivity index (χ0) is 28.7. The third-order valence-corrected chi connectivity index (χ3v) is 8.83. The van der Waals surface area contributed by atoms with Crippen LogP contribution in [0.25, 0.3) is 10.9 Å². The summed E-state index contributed by atoms with van der Waals surface area (Å²) in [4.78, 5) is 27.5. The number of benzene rings is 3. The van der Waals surface area contributed by atoms with Crippen LogP contribution in [0.2, 0.25) is 0 Å². The Kier molecular flexibility index (Phi) is 9.04. The van der Waals surface area contributed by atoms with Gasteiger partial charge in [0.05, 0.1) is 5.75 Å². The first-order chi connectivity index (χ1) is 19.9. The lowest BCUT2D eigenvalue weighted by molar-refractivity contribution is 0.0811. The molecule has 1 unspecified atom stereocenters. The van der Waals surface area contributed by atoms with Crippen molar-refractivity contribution in [3.8, 4) is 0 Å². The molecule has 0 spiro atoms. The molecule has 0 saturated carbocycles. The van der Waals surface area contributed by atoms with Crippen molar-refractivity contribution in [3.63, 3.8) is 0 Å². The Balaban J connectivity index is 1.21. The van der Waals surface area contributed by atoms with Gasteiger partial charge in [-0.3, -0.25) is 4.79 Å². The van der Waals surface area contributed by atoms with Gasteiger partial charge in [-0.2, -0.15) is 0 Å². The maximum Gasteiger partial charge on any atom is 0.410 e. The number of ether oxygens (including phenoxy) is 1. The lowest BCUT2D eigenvalue weighted by atomic mass is 10.0. The minimum absolute atomic E-state index is 0.161. The average molecular weight is 574 g/mol. The molecule has 1 aliphatic heterocycles. The number of rotatable bonds is 10. The maximum absolute atomic E-state index is 13.3. The van der Waals surface area contributed by atoms with E-state index in [0.717, 1.165) is 29.3 Å². The summed E-state index contributed by atoms with van der Waals surface area (Å²) in [7, 11) is -3.94. The molecule has 2 amide bonds. The Morgan fingerprint density at radius 1 is 0.902 bits per heavy atom. The molecule has 1 saturated heterocycles. The normalized spacial score (nSPS) is 15.5. The lowest BCUT2D eigenvalue weighted by Gasteiger charge is -2.31. The van der Waals surface area contributed by atoms with E-state index in [9.17, 15) is 18.0 Å². The van der Waals surface area contributed by atoms with Gasteiger partial charge in [0.1, 0.15) is 12.3 Å². The van der Waals surface area contributed by atoms with Crippen molar-refractivity contribution in [2.75, 3.05) is 18.8 Å². The highest BCUT2D eigenvalue weighted by atomic mass is 32.2. The van der Waals surface area contributed by atoms with Crippen molar-refractivity contribution in [1.29, 1.82) is 0 Å². The fourth-order valence-corrected chi connectivity index (χ4v) is 6.81. The molecule has 9 heteroatoms. The fraction of sp³-hybridized carbons (Fsp3) is 0.312. The molecular weight excluding hydrogens is 538 g/mol. The first-order valence-electron chi connectivity index (χ1n) is 14.0. The van der Waals surface area contributed by atoms with Crippen molar-refractivity contribution in [1.82, 2.24) is 14.2 Å². The number of piperidine rings is 1. The molecular formula is C32H35N3O5S. The first kappa shape index (κ1) is 28.4. The van der Waals surface area contributed by atoms with E-state index in [-0.39, 0.29) is 24.8 Å². The number of carbonyl (C=O) groups excluding carboxylic acids is 2. The minimum Gasteiger partial charge on any atom is -0.445 e. The van der Waals surface area contributed by atoms with Crippen molar-refractivity contribution in [2.45, 2.75) is 38.8 Å². The summed E-state index contributed by atoms with van der Waals surface area (Å²) >= 11 is 0. The molecule has 5 rings (SSSR count). The summed E-state index contributed by atoms with van der Waals surface area (Å²) in [6.07, 6.45) is 2.51. The van der Waals surface area contributed by atoms with Crippen molar-refractivity contribution in [2.24, 2.45) is 5.92 Å². The standard InChI is InChI=1S/C32H35N3O5S/c36-31(30-21-28-17-7-8-18-29(28)35(30)20-10-15-25-11-3-1-4-12-25)33-41(38,39)24-27-16-9-19-34(22-27)32(37)40-23-26-13-5-2-6-14-26/h1-8,11-14,17-18,21,27H,9-10,15-16,19-20,22-24H2,(H,33,36). The number of carbonyl (C=O) groups is 2. The molecule has 2 heterocycles. The van der Waals surface area contributed by atoms with E-state index in [1.807, 2.05) is 77.4 Å². The average Bonchev–Trinajstić information content (AvgIpc) is 3.35. The number of para-hydroxylation sites is 1. The number of fused-ring (bicyclic) bond motifs is 1. The number of sulfonamides is 1. The van der Waals surface area contributed by atoms with E-state index in [4.69, 9.17) is 4.74 Å². The maximum atomic E-state index is 13.3. The second-order valence-corrected chi connectivity index (χ2v) is 12.3. The van der Waals surface area contributed by atoms with Crippen molar-refractivity contribution < 1.29 is 22.7 Å². The van der Waals surface area contributed by atoms with Crippen LogP contribution >= 0.6 is 0 Å². The predicted octanol–water partition coefficient (Wildman–Crippen LogP) is 5.38. The van der Waals surface area contributed by atoms with Crippen LogP contribution in [0.3, 0.4) is 0 Å².